The highest BCUT2D eigenvalue weighted by Gasteiger charge is 2.26. The molecule has 2 aromatic carbocycles. The van der Waals surface area contributed by atoms with Crippen LogP contribution in [0.25, 0.3) is 21.7 Å². The van der Waals surface area contributed by atoms with Crippen LogP contribution in [0.1, 0.15) is 30.4 Å². The van der Waals surface area contributed by atoms with E-state index >= 15 is 0 Å². The van der Waals surface area contributed by atoms with Crippen molar-refractivity contribution >= 4 is 27.6 Å². The van der Waals surface area contributed by atoms with Crippen LogP contribution in [0.15, 0.2) is 39.5 Å². The number of likely N-dealkylation sites (tertiary alicyclic amines) is 1. The lowest BCUT2D eigenvalue weighted by Gasteiger charge is -2.28. The molecular formula is C23H25N2O4+. The number of rotatable bonds is 4. The lowest BCUT2D eigenvalue weighted by molar-refractivity contribution is -0.932. The molecule has 2 aliphatic heterocycles. The van der Waals surface area contributed by atoms with E-state index in [0.29, 0.717) is 24.1 Å². The van der Waals surface area contributed by atoms with Crippen molar-refractivity contribution in [3.63, 3.8) is 0 Å². The van der Waals surface area contributed by atoms with Crippen molar-refractivity contribution in [3.05, 3.63) is 51.9 Å². The number of carbonyl (C=O) groups is 1. The first-order chi connectivity index (χ1) is 14.1. The van der Waals surface area contributed by atoms with E-state index in [0.717, 1.165) is 66.7 Å². The highest BCUT2D eigenvalue weighted by Crippen LogP contribution is 2.34. The van der Waals surface area contributed by atoms with E-state index in [2.05, 4.69) is 6.07 Å². The molecule has 6 nitrogen and oxygen atoms in total. The molecule has 29 heavy (non-hydrogen) atoms. The standard InChI is InChI=1S/C23H24N2O4/c1-15-21-16(12-19-17-6-2-3-7-18(17)23(27)29-22(15)19)13-24(14-28-21)9-5-11-25-10-4-8-20(25)26/h2-3,6-7,12H,4-5,8-11,13-14H2,1H3/p+1. The summed E-state index contributed by atoms with van der Waals surface area (Å²) in [6, 6.07) is 9.71. The molecule has 0 saturated carbocycles. The molecule has 1 aromatic heterocycles. The summed E-state index contributed by atoms with van der Waals surface area (Å²) in [5.41, 5.74) is 2.34. The molecule has 1 fully saturated rings. The SMILES string of the molecule is Cc1c2c(cc3c1oc(=O)c1ccccc13)C[NH+](CCCN1CCCC1=O)CO2. The summed E-state index contributed by atoms with van der Waals surface area (Å²) in [6.45, 7) is 6.12. The zero-order chi connectivity index (χ0) is 20.0. The first kappa shape index (κ1) is 18.2. The quantitative estimate of drug-likeness (QED) is 0.544. The number of hydrogen-bond donors (Lipinski definition) is 1. The Morgan fingerprint density at radius 2 is 1.97 bits per heavy atom. The van der Waals surface area contributed by atoms with Crippen LogP contribution in [0.2, 0.25) is 0 Å². The van der Waals surface area contributed by atoms with Crippen LogP contribution >= 0.6 is 0 Å². The minimum atomic E-state index is -0.310. The second kappa shape index (κ2) is 7.19. The van der Waals surface area contributed by atoms with Gasteiger partial charge in [-0.3, -0.25) is 9.69 Å². The Hall–Kier alpha value is -2.86. The summed E-state index contributed by atoms with van der Waals surface area (Å²) in [6.07, 6.45) is 2.66. The molecule has 1 atom stereocenters. The van der Waals surface area contributed by atoms with E-state index in [1.54, 1.807) is 0 Å². The molecule has 2 aliphatic rings. The predicted molar refractivity (Wildman–Crippen MR) is 110 cm³/mol. The van der Waals surface area contributed by atoms with Gasteiger partial charge in [0.25, 0.3) is 0 Å². The van der Waals surface area contributed by atoms with Gasteiger partial charge in [-0.05, 0) is 30.9 Å². The molecule has 0 bridgehead atoms. The molecule has 6 heteroatoms. The van der Waals surface area contributed by atoms with Gasteiger partial charge >= 0.3 is 5.63 Å². The average Bonchev–Trinajstić information content (AvgIpc) is 3.14. The van der Waals surface area contributed by atoms with E-state index in [1.165, 1.54) is 4.90 Å². The van der Waals surface area contributed by atoms with E-state index < -0.39 is 0 Å². The maximum atomic E-state index is 12.4. The van der Waals surface area contributed by atoms with Crippen LogP contribution in [-0.2, 0) is 11.3 Å². The Morgan fingerprint density at radius 3 is 2.76 bits per heavy atom. The molecule has 0 radical (unpaired) electrons. The van der Waals surface area contributed by atoms with Gasteiger partial charge < -0.3 is 14.1 Å². The Bertz CT molecular complexity index is 1170. The van der Waals surface area contributed by atoms with E-state index in [-0.39, 0.29) is 11.5 Å². The number of hydrogen-bond acceptors (Lipinski definition) is 4. The van der Waals surface area contributed by atoms with E-state index in [9.17, 15) is 9.59 Å². The van der Waals surface area contributed by atoms with Crippen molar-refractivity contribution in [1.82, 2.24) is 4.90 Å². The van der Waals surface area contributed by atoms with Crippen LogP contribution in [0, 0.1) is 6.92 Å². The number of ether oxygens (including phenoxy) is 1. The summed E-state index contributed by atoms with van der Waals surface area (Å²) in [7, 11) is 0. The van der Waals surface area contributed by atoms with Gasteiger partial charge in [0.2, 0.25) is 12.6 Å². The van der Waals surface area contributed by atoms with Gasteiger partial charge in [0.15, 0.2) is 0 Å². The number of carbonyl (C=O) groups excluding carboxylic acids is 1. The van der Waals surface area contributed by atoms with Crippen LogP contribution in [-0.4, -0.2) is 37.2 Å². The smallest absolute Gasteiger partial charge is 0.344 e. The van der Waals surface area contributed by atoms with E-state index in [4.69, 9.17) is 9.15 Å². The largest absolute Gasteiger partial charge is 0.444 e. The zero-order valence-electron chi connectivity index (χ0n) is 16.6. The second-order valence-electron chi connectivity index (χ2n) is 8.10. The summed E-state index contributed by atoms with van der Waals surface area (Å²) >= 11 is 0. The van der Waals surface area contributed by atoms with Gasteiger partial charge in [0.05, 0.1) is 11.9 Å². The molecule has 5 rings (SSSR count). The highest BCUT2D eigenvalue weighted by atomic mass is 16.5. The molecule has 3 aromatic rings. The Labute approximate surface area is 168 Å². The third-order valence-electron chi connectivity index (χ3n) is 6.16. The maximum absolute atomic E-state index is 12.4. The van der Waals surface area contributed by atoms with E-state index in [1.807, 2.05) is 36.1 Å². The summed E-state index contributed by atoms with van der Waals surface area (Å²) in [5, 5.41) is 2.49. The predicted octanol–water partition coefficient (Wildman–Crippen LogP) is 2.00. The Balaban J connectivity index is 1.42. The lowest BCUT2D eigenvalue weighted by Crippen LogP contribution is -3.12. The number of nitrogens with one attached hydrogen (secondary N) is 1. The fourth-order valence-corrected chi connectivity index (χ4v) is 4.67. The second-order valence-corrected chi connectivity index (χ2v) is 8.10. The molecule has 1 saturated heterocycles. The zero-order valence-corrected chi connectivity index (χ0v) is 16.6. The first-order valence-corrected chi connectivity index (χ1v) is 10.3. The molecule has 1 unspecified atom stereocenters. The number of quaternary nitrogens is 1. The van der Waals surface area contributed by atoms with Crippen molar-refractivity contribution in [3.8, 4) is 5.75 Å². The highest BCUT2D eigenvalue weighted by molar-refractivity contribution is 6.06. The van der Waals surface area contributed by atoms with Crippen molar-refractivity contribution in [2.24, 2.45) is 0 Å². The number of aryl methyl sites for hydroxylation is 1. The molecule has 1 amide bonds. The Kier molecular flexibility index (Phi) is 4.51. The molecule has 1 N–H and O–H groups in total. The fourth-order valence-electron chi connectivity index (χ4n) is 4.67. The van der Waals surface area contributed by atoms with Crippen LogP contribution in [0.5, 0.6) is 5.75 Å². The summed E-state index contributed by atoms with van der Waals surface area (Å²) in [4.78, 5) is 27.5. The number of fused-ring (bicyclic) bond motifs is 4. The van der Waals surface area contributed by atoms with Gasteiger partial charge in [-0.1, -0.05) is 18.2 Å². The number of nitrogens with zero attached hydrogens (tertiary/aromatic N) is 1. The number of amides is 1. The molecule has 3 heterocycles. The van der Waals surface area contributed by atoms with Crippen molar-refractivity contribution < 1.29 is 18.8 Å². The number of benzene rings is 2. The lowest BCUT2D eigenvalue weighted by atomic mass is 10.00. The Morgan fingerprint density at radius 1 is 1.14 bits per heavy atom. The average molecular weight is 393 g/mol. The minimum absolute atomic E-state index is 0.288. The first-order valence-electron chi connectivity index (χ1n) is 10.3. The van der Waals surface area contributed by atoms with Gasteiger partial charge in [0, 0.05) is 42.4 Å². The van der Waals surface area contributed by atoms with Crippen molar-refractivity contribution in [2.45, 2.75) is 32.7 Å². The summed E-state index contributed by atoms with van der Waals surface area (Å²) in [5.74, 6) is 1.13. The monoisotopic (exact) mass is 393 g/mol. The van der Waals surface area contributed by atoms with Crippen molar-refractivity contribution in [1.29, 1.82) is 0 Å². The topological polar surface area (TPSA) is 64.2 Å². The maximum Gasteiger partial charge on any atom is 0.344 e. The van der Waals surface area contributed by atoms with Crippen molar-refractivity contribution in [2.75, 3.05) is 26.4 Å². The third kappa shape index (κ3) is 3.17. The van der Waals surface area contributed by atoms with Crippen LogP contribution < -0.4 is 15.3 Å². The normalized spacial score (nSPS) is 19.0. The molecule has 0 spiro atoms. The van der Waals surface area contributed by atoms with Gasteiger partial charge in [-0.25, -0.2) is 4.79 Å². The molecule has 150 valence electrons. The third-order valence-corrected chi connectivity index (χ3v) is 6.16. The van der Waals surface area contributed by atoms with Gasteiger partial charge in [-0.2, -0.15) is 0 Å². The fraction of sp³-hybridized carbons (Fsp3) is 0.391. The molecule has 0 aliphatic carbocycles. The molecular weight excluding hydrogens is 368 g/mol. The van der Waals surface area contributed by atoms with Crippen LogP contribution in [0.3, 0.4) is 0 Å². The minimum Gasteiger partial charge on any atom is -0.444 e. The summed E-state index contributed by atoms with van der Waals surface area (Å²) < 4.78 is 11.7. The van der Waals surface area contributed by atoms with Crippen LogP contribution in [0.4, 0.5) is 0 Å². The van der Waals surface area contributed by atoms with Gasteiger partial charge in [-0.15, -0.1) is 0 Å². The van der Waals surface area contributed by atoms with Gasteiger partial charge in [0.1, 0.15) is 17.9 Å².